The molecule has 29 heavy (non-hydrogen) atoms. The fourth-order valence-electron chi connectivity index (χ4n) is 3.63. The van der Waals surface area contributed by atoms with Gasteiger partial charge in [0.1, 0.15) is 11.9 Å². The second kappa shape index (κ2) is 7.06. The lowest BCUT2D eigenvalue weighted by Crippen LogP contribution is -2.41. The van der Waals surface area contributed by atoms with Crippen LogP contribution in [0.15, 0.2) is 36.4 Å². The molecule has 1 heterocycles. The van der Waals surface area contributed by atoms with Crippen LogP contribution in [0.5, 0.6) is 5.75 Å². The average molecular weight is 404 g/mol. The third-order valence-corrected chi connectivity index (χ3v) is 6.27. The lowest BCUT2D eigenvalue weighted by molar-refractivity contribution is 0.00578. The number of rotatable bonds is 4. The third kappa shape index (κ3) is 3.78. The van der Waals surface area contributed by atoms with Crippen molar-refractivity contribution >= 4 is 12.6 Å². The molecule has 0 N–H and O–H groups in total. The van der Waals surface area contributed by atoms with Crippen molar-refractivity contribution in [3.05, 3.63) is 59.4 Å². The van der Waals surface area contributed by atoms with Crippen molar-refractivity contribution in [2.45, 2.75) is 63.8 Å². The van der Waals surface area contributed by atoms with Gasteiger partial charge in [0, 0.05) is 0 Å². The third-order valence-electron chi connectivity index (χ3n) is 6.27. The lowest BCUT2D eigenvalue weighted by Gasteiger charge is -2.36. The number of ether oxygens (including phenoxy) is 1. The average Bonchev–Trinajstić information content (AvgIpc) is 2.83. The van der Waals surface area contributed by atoms with Crippen molar-refractivity contribution in [2.75, 3.05) is 0 Å². The van der Waals surface area contributed by atoms with Gasteiger partial charge >= 0.3 is 7.12 Å². The summed E-state index contributed by atoms with van der Waals surface area (Å²) in [5, 5.41) is 0. The van der Waals surface area contributed by atoms with Gasteiger partial charge in [0.15, 0.2) is 11.6 Å². The van der Waals surface area contributed by atoms with E-state index in [0.717, 1.165) is 11.6 Å². The Labute approximate surface area is 169 Å². The number of halogens is 3. The van der Waals surface area contributed by atoms with Crippen LogP contribution in [0.3, 0.4) is 0 Å². The van der Waals surface area contributed by atoms with Crippen LogP contribution in [0.25, 0.3) is 0 Å². The molecule has 4 rings (SSSR count). The topological polar surface area (TPSA) is 27.7 Å². The molecule has 0 bridgehead atoms. The lowest BCUT2D eigenvalue weighted by atomic mass is 9.77. The molecule has 0 spiro atoms. The molecule has 1 aliphatic carbocycles. The Morgan fingerprint density at radius 3 is 2.10 bits per heavy atom. The zero-order valence-electron chi connectivity index (χ0n) is 17.0. The molecular formula is C22H24BF3O3. The minimum Gasteiger partial charge on any atom is -0.487 e. The molecule has 7 heteroatoms. The van der Waals surface area contributed by atoms with E-state index in [1.54, 1.807) is 12.1 Å². The number of hydrogen-bond donors (Lipinski definition) is 0. The Bertz CT molecular complexity index is 892. The Morgan fingerprint density at radius 2 is 1.52 bits per heavy atom. The van der Waals surface area contributed by atoms with Crippen LogP contribution in [-0.2, 0) is 9.31 Å². The molecule has 1 aliphatic heterocycles. The van der Waals surface area contributed by atoms with Gasteiger partial charge in [-0.1, -0.05) is 12.1 Å². The zero-order valence-corrected chi connectivity index (χ0v) is 17.0. The van der Waals surface area contributed by atoms with Gasteiger partial charge < -0.3 is 14.0 Å². The van der Waals surface area contributed by atoms with Crippen LogP contribution < -0.4 is 10.2 Å². The van der Waals surface area contributed by atoms with E-state index in [0.29, 0.717) is 18.3 Å². The Hall–Kier alpha value is -1.99. The second-order valence-corrected chi connectivity index (χ2v) is 8.86. The Balaban J connectivity index is 1.47. The molecular weight excluding hydrogens is 380 g/mol. The first kappa shape index (κ1) is 20.3. The summed E-state index contributed by atoms with van der Waals surface area (Å²) in [5.41, 5.74) is 0.232. The van der Waals surface area contributed by atoms with E-state index in [1.807, 2.05) is 27.7 Å². The van der Waals surface area contributed by atoms with Crippen molar-refractivity contribution in [3.63, 3.8) is 0 Å². The SMILES string of the molecule is CC1(C)OB(c2cc(F)c(F)c(OC3CC(c4ccc(F)cc4)C3)c2)OC1(C)C. The first-order chi connectivity index (χ1) is 13.6. The maximum Gasteiger partial charge on any atom is 0.495 e. The van der Waals surface area contributed by atoms with Crippen LogP contribution in [-0.4, -0.2) is 24.4 Å². The first-order valence-corrected chi connectivity index (χ1v) is 9.82. The van der Waals surface area contributed by atoms with Gasteiger partial charge in [-0.25, -0.2) is 8.78 Å². The molecule has 0 atom stereocenters. The minimum atomic E-state index is -1.02. The van der Waals surface area contributed by atoms with Gasteiger partial charge in [-0.15, -0.1) is 0 Å². The molecule has 0 unspecified atom stereocenters. The zero-order chi connectivity index (χ0) is 21.0. The van der Waals surface area contributed by atoms with Gasteiger partial charge in [0.05, 0.1) is 11.2 Å². The van der Waals surface area contributed by atoms with Crippen LogP contribution in [0.1, 0.15) is 52.0 Å². The van der Waals surface area contributed by atoms with E-state index in [4.69, 9.17) is 14.0 Å². The summed E-state index contributed by atoms with van der Waals surface area (Å²) in [7, 11) is -0.800. The first-order valence-electron chi connectivity index (χ1n) is 9.82. The molecule has 0 aromatic heterocycles. The molecule has 3 nitrogen and oxygen atoms in total. The normalized spacial score (nSPS) is 25.0. The van der Waals surface area contributed by atoms with E-state index in [1.165, 1.54) is 18.2 Å². The maximum absolute atomic E-state index is 14.3. The summed E-state index contributed by atoms with van der Waals surface area (Å²) in [6.45, 7) is 7.59. The quantitative estimate of drug-likeness (QED) is 0.690. The minimum absolute atomic E-state index is 0.141. The van der Waals surface area contributed by atoms with Gasteiger partial charge in [-0.05, 0) is 81.7 Å². The summed E-state index contributed by atoms with van der Waals surface area (Å²) >= 11 is 0. The van der Waals surface area contributed by atoms with E-state index in [-0.39, 0.29) is 23.6 Å². The molecule has 2 aromatic carbocycles. The molecule has 1 saturated heterocycles. The van der Waals surface area contributed by atoms with E-state index >= 15 is 0 Å². The second-order valence-electron chi connectivity index (χ2n) is 8.86. The van der Waals surface area contributed by atoms with Gasteiger partial charge in [0.2, 0.25) is 5.82 Å². The molecule has 2 fully saturated rings. The summed E-state index contributed by atoms with van der Waals surface area (Å²) in [4.78, 5) is 0. The number of benzene rings is 2. The van der Waals surface area contributed by atoms with Gasteiger partial charge in [0.25, 0.3) is 0 Å². The predicted octanol–water partition coefficient (Wildman–Crippen LogP) is 4.73. The largest absolute Gasteiger partial charge is 0.495 e. The highest BCUT2D eigenvalue weighted by Gasteiger charge is 2.52. The Kier molecular flexibility index (Phi) is 4.94. The van der Waals surface area contributed by atoms with Gasteiger partial charge in [-0.3, -0.25) is 0 Å². The monoisotopic (exact) mass is 404 g/mol. The van der Waals surface area contributed by atoms with Crippen molar-refractivity contribution < 1.29 is 27.2 Å². The number of hydrogen-bond acceptors (Lipinski definition) is 3. The molecule has 2 aliphatic rings. The standard InChI is InChI=1S/C22H24BF3O3/c1-21(2)22(3,4)29-23(28-21)15-11-18(25)20(26)19(12-15)27-17-9-14(10-17)13-5-7-16(24)8-6-13/h5-8,11-12,14,17H,9-10H2,1-4H3. The summed E-state index contributed by atoms with van der Waals surface area (Å²) in [6.07, 6.45) is 1.09. The molecule has 2 aromatic rings. The van der Waals surface area contributed by atoms with E-state index in [2.05, 4.69) is 0 Å². The molecule has 0 amide bonds. The van der Waals surface area contributed by atoms with E-state index in [9.17, 15) is 13.2 Å². The smallest absolute Gasteiger partial charge is 0.487 e. The van der Waals surface area contributed by atoms with Crippen LogP contribution in [0, 0.1) is 17.5 Å². The van der Waals surface area contributed by atoms with Crippen molar-refractivity contribution in [3.8, 4) is 5.75 Å². The van der Waals surface area contributed by atoms with Crippen LogP contribution in [0.2, 0.25) is 0 Å². The predicted molar refractivity (Wildman–Crippen MR) is 105 cm³/mol. The highest BCUT2D eigenvalue weighted by Crippen LogP contribution is 2.40. The fourth-order valence-corrected chi connectivity index (χ4v) is 3.63. The fraction of sp³-hybridized carbons (Fsp3) is 0.455. The summed E-state index contributed by atoms with van der Waals surface area (Å²) in [5.74, 6) is -2.22. The van der Waals surface area contributed by atoms with Gasteiger partial charge in [-0.2, -0.15) is 4.39 Å². The van der Waals surface area contributed by atoms with E-state index < -0.39 is 30.0 Å². The van der Waals surface area contributed by atoms with Crippen LogP contribution >= 0.6 is 0 Å². The maximum atomic E-state index is 14.3. The summed E-state index contributed by atoms with van der Waals surface area (Å²) in [6, 6.07) is 8.88. The van der Waals surface area contributed by atoms with Crippen molar-refractivity contribution in [2.24, 2.45) is 0 Å². The molecule has 154 valence electrons. The van der Waals surface area contributed by atoms with Crippen LogP contribution in [0.4, 0.5) is 13.2 Å². The van der Waals surface area contributed by atoms with Crippen molar-refractivity contribution in [1.29, 1.82) is 0 Å². The molecule has 0 radical (unpaired) electrons. The van der Waals surface area contributed by atoms with Crippen molar-refractivity contribution in [1.82, 2.24) is 0 Å². The molecule has 1 saturated carbocycles. The highest BCUT2D eigenvalue weighted by molar-refractivity contribution is 6.62. The Morgan fingerprint density at radius 1 is 0.931 bits per heavy atom. The summed E-state index contributed by atoms with van der Waals surface area (Å²) < 4.78 is 59.2. The highest BCUT2D eigenvalue weighted by atomic mass is 19.2.